The molecule has 0 amide bonds. The van der Waals surface area contributed by atoms with Crippen molar-refractivity contribution in [1.82, 2.24) is 14.8 Å². The zero-order valence-corrected chi connectivity index (χ0v) is 21.9. The van der Waals surface area contributed by atoms with E-state index in [1.54, 1.807) is 40.6 Å². The Morgan fingerprint density at radius 1 is 0.711 bits per heavy atom. The quantitative estimate of drug-likeness (QED) is 0.282. The van der Waals surface area contributed by atoms with Gasteiger partial charge in [-0.1, -0.05) is 30.3 Å². The molecule has 0 saturated heterocycles. The summed E-state index contributed by atoms with van der Waals surface area (Å²) in [4.78, 5) is 17.9. The van der Waals surface area contributed by atoms with Gasteiger partial charge < -0.3 is 29.6 Å². The maximum atomic E-state index is 13.3. The number of carbonyl (C=O) groups excluding carboxylic acids is 1. The van der Waals surface area contributed by atoms with Gasteiger partial charge in [-0.25, -0.2) is 0 Å². The Kier molecular flexibility index (Phi) is 8.65. The number of hydrogen-bond donors (Lipinski definition) is 2. The molecular weight excluding hydrogens is 486 g/mol. The average molecular weight is 518 g/mol. The zero-order chi connectivity index (χ0) is 26.9. The van der Waals surface area contributed by atoms with Crippen LogP contribution >= 0.6 is 0 Å². The van der Waals surface area contributed by atoms with Gasteiger partial charge in [0.15, 0.2) is 11.5 Å². The number of carbonyl (C=O) groups is 1. The molecule has 0 aliphatic heterocycles. The third kappa shape index (κ3) is 6.52. The summed E-state index contributed by atoms with van der Waals surface area (Å²) in [7, 11) is 6.38. The van der Waals surface area contributed by atoms with E-state index in [4.69, 9.17) is 18.9 Å². The molecule has 38 heavy (non-hydrogen) atoms. The van der Waals surface area contributed by atoms with E-state index < -0.39 is 0 Å². The van der Waals surface area contributed by atoms with Crippen LogP contribution in [0.25, 0.3) is 0 Å². The molecule has 0 fully saturated rings. The third-order valence-electron chi connectivity index (χ3n) is 5.87. The van der Waals surface area contributed by atoms with Crippen LogP contribution in [-0.4, -0.2) is 49.1 Å². The number of rotatable bonds is 12. The summed E-state index contributed by atoms with van der Waals surface area (Å²) >= 11 is 0. The molecule has 3 aromatic carbocycles. The first-order valence-corrected chi connectivity index (χ1v) is 12.0. The lowest BCUT2D eigenvalue weighted by atomic mass is 10.1. The Morgan fingerprint density at radius 3 is 1.82 bits per heavy atom. The summed E-state index contributed by atoms with van der Waals surface area (Å²) in [5.74, 6) is 3.11. The van der Waals surface area contributed by atoms with Gasteiger partial charge in [0.25, 0.3) is 5.91 Å². The fourth-order valence-corrected chi connectivity index (χ4v) is 3.76. The maximum absolute atomic E-state index is 13.3. The van der Waals surface area contributed by atoms with Crippen LogP contribution in [0.1, 0.15) is 21.5 Å². The van der Waals surface area contributed by atoms with Crippen molar-refractivity contribution in [3.63, 3.8) is 0 Å². The molecule has 0 atom stereocenters. The molecule has 0 radical (unpaired) electrons. The molecule has 0 aliphatic carbocycles. The van der Waals surface area contributed by atoms with Crippen LogP contribution in [0.2, 0.25) is 0 Å². The number of benzene rings is 3. The fraction of sp³-hybridized carbons (Fsp3) is 0.250. The molecule has 198 valence electrons. The minimum absolute atomic E-state index is 0.0961. The molecule has 1 heterocycles. The van der Waals surface area contributed by atoms with Gasteiger partial charge in [0.05, 0.1) is 34.9 Å². The number of hydrogen-bond acceptors (Lipinski definition) is 9. The average Bonchev–Trinajstić information content (AvgIpc) is 3.38. The van der Waals surface area contributed by atoms with Gasteiger partial charge in [-0.2, -0.15) is 9.67 Å². The molecule has 10 nitrogen and oxygen atoms in total. The first-order chi connectivity index (χ1) is 18.5. The van der Waals surface area contributed by atoms with Crippen LogP contribution in [0.15, 0.2) is 66.7 Å². The van der Waals surface area contributed by atoms with Crippen molar-refractivity contribution in [2.24, 2.45) is 0 Å². The summed E-state index contributed by atoms with van der Waals surface area (Å²) in [5.41, 5.74) is 2.78. The van der Waals surface area contributed by atoms with E-state index in [2.05, 4.69) is 20.7 Å². The highest BCUT2D eigenvalue weighted by atomic mass is 16.5. The van der Waals surface area contributed by atoms with Gasteiger partial charge >= 0.3 is 0 Å². The number of anilines is 2. The van der Waals surface area contributed by atoms with Crippen molar-refractivity contribution in [1.29, 1.82) is 0 Å². The predicted octanol–water partition coefficient (Wildman–Crippen LogP) is 4.42. The Labute approximate surface area is 221 Å². The van der Waals surface area contributed by atoms with Crippen molar-refractivity contribution in [2.75, 3.05) is 39.1 Å². The second-order valence-electron chi connectivity index (χ2n) is 8.33. The van der Waals surface area contributed by atoms with Crippen LogP contribution < -0.4 is 29.6 Å². The molecule has 4 aromatic rings. The highest BCUT2D eigenvalue weighted by molar-refractivity contribution is 5.83. The van der Waals surface area contributed by atoms with Crippen LogP contribution in [0.4, 0.5) is 11.9 Å². The van der Waals surface area contributed by atoms with Gasteiger partial charge in [0.1, 0.15) is 11.5 Å². The van der Waals surface area contributed by atoms with Gasteiger partial charge in [0.2, 0.25) is 11.9 Å². The second-order valence-corrected chi connectivity index (χ2v) is 8.33. The van der Waals surface area contributed by atoms with Crippen molar-refractivity contribution in [3.8, 4) is 23.0 Å². The number of nitrogens with one attached hydrogen (secondary N) is 2. The number of nitrogens with zero attached hydrogens (tertiary/aromatic N) is 3. The zero-order valence-electron chi connectivity index (χ0n) is 21.9. The molecule has 0 saturated carbocycles. The number of methoxy groups -OCH3 is 4. The summed E-state index contributed by atoms with van der Waals surface area (Å²) in [6.07, 6.45) is 0.0961. The lowest BCUT2D eigenvalue weighted by molar-refractivity contribution is 0.0901. The summed E-state index contributed by atoms with van der Waals surface area (Å²) in [6, 6.07) is 20.7. The first-order valence-electron chi connectivity index (χ1n) is 12.0. The lowest BCUT2D eigenvalue weighted by Gasteiger charge is -2.10. The van der Waals surface area contributed by atoms with Crippen molar-refractivity contribution in [2.45, 2.75) is 19.5 Å². The largest absolute Gasteiger partial charge is 0.497 e. The van der Waals surface area contributed by atoms with Crippen LogP contribution in [-0.2, 0) is 19.5 Å². The molecule has 2 N–H and O–H groups in total. The highest BCUT2D eigenvalue weighted by Gasteiger charge is 2.18. The van der Waals surface area contributed by atoms with E-state index in [1.165, 1.54) is 4.68 Å². The van der Waals surface area contributed by atoms with E-state index in [0.29, 0.717) is 36.5 Å². The van der Waals surface area contributed by atoms with E-state index in [9.17, 15) is 4.79 Å². The molecule has 0 aliphatic rings. The van der Waals surface area contributed by atoms with E-state index in [0.717, 1.165) is 28.2 Å². The standard InChI is InChI=1S/C28H31N5O5/c1-35-22-10-5-19(6-11-22)17-29-27-31-28(30-18-20-7-12-23(36-2)13-8-20)33(32-27)26(34)16-21-9-14-24(37-3)25(15-21)38-4/h5-15H,16-18H2,1-4H3,(H2,29,30,31,32). The van der Waals surface area contributed by atoms with Crippen molar-refractivity contribution < 1.29 is 23.7 Å². The Morgan fingerprint density at radius 2 is 1.26 bits per heavy atom. The SMILES string of the molecule is COc1ccc(CNc2nc(NCc3ccc(OC)cc3)n(C(=O)Cc3ccc(OC)c(OC)c3)n2)cc1. The van der Waals surface area contributed by atoms with Gasteiger partial charge in [-0.05, 0) is 53.1 Å². The normalized spacial score (nSPS) is 10.5. The highest BCUT2D eigenvalue weighted by Crippen LogP contribution is 2.28. The predicted molar refractivity (Wildman–Crippen MR) is 145 cm³/mol. The van der Waals surface area contributed by atoms with E-state index >= 15 is 0 Å². The number of ether oxygens (including phenoxy) is 4. The summed E-state index contributed by atoms with van der Waals surface area (Å²) in [5, 5.41) is 10.9. The molecule has 10 heteroatoms. The van der Waals surface area contributed by atoms with Crippen LogP contribution in [0.5, 0.6) is 23.0 Å². The molecule has 1 aromatic heterocycles. The smallest absolute Gasteiger partial charge is 0.254 e. The van der Waals surface area contributed by atoms with Crippen molar-refractivity contribution >= 4 is 17.8 Å². The minimum Gasteiger partial charge on any atom is -0.497 e. The Hall–Kier alpha value is -4.73. The molecule has 0 unspecified atom stereocenters. The molecule has 4 rings (SSSR count). The molecular formula is C28H31N5O5. The summed E-state index contributed by atoms with van der Waals surface area (Å²) < 4.78 is 22.4. The molecule has 0 bridgehead atoms. The van der Waals surface area contributed by atoms with Crippen LogP contribution in [0, 0.1) is 0 Å². The van der Waals surface area contributed by atoms with Crippen LogP contribution in [0.3, 0.4) is 0 Å². The fourth-order valence-electron chi connectivity index (χ4n) is 3.76. The first kappa shape index (κ1) is 26.3. The van der Waals surface area contributed by atoms with Gasteiger partial charge in [-0.15, -0.1) is 5.10 Å². The molecule has 0 spiro atoms. The summed E-state index contributed by atoms with van der Waals surface area (Å²) in [6.45, 7) is 0.931. The van der Waals surface area contributed by atoms with Gasteiger partial charge in [-0.3, -0.25) is 4.79 Å². The number of aromatic nitrogens is 3. The second kappa shape index (κ2) is 12.5. The van der Waals surface area contributed by atoms with Crippen molar-refractivity contribution in [3.05, 3.63) is 83.4 Å². The topological polar surface area (TPSA) is 109 Å². The lowest BCUT2D eigenvalue weighted by Crippen LogP contribution is -2.18. The monoisotopic (exact) mass is 517 g/mol. The maximum Gasteiger partial charge on any atom is 0.254 e. The third-order valence-corrected chi connectivity index (χ3v) is 5.87. The minimum atomic E-state index is -0.251. The van der Waals surface area contributed by atoms with E-state index in [-0.39, 0.29) is 12.3 Å². The van der Waals surface area contributed by atoms with Gasteiger partial charge in [0, 0.05) is 13.1 Å². The Balaban J connectivity index is 1.53. The Bertz CT molecular complexity index is 1350. The van der Waals surface area contributed by atoms with E-state index in [1.807, 2.05) is 54.6 Å².